The largest absolute Gasteiger partial charge is 0.490 e. The van der Waals surface area contributed by atoms with Gasteiger partial charge < -0.3 is 15.7 Å². The van der Waals surface area contributed by atoms with E-state index in [1.807, 2.05) is 0 Å². The summed E-state index contributed by atoms with van der Waals surface area (Å²) in [6.07, 6.45) is -2.94. The van der Waals surface area contributed by atoms with Crippen molar-refractivity contribution in [3.05, 3.63) is 0 Å². The number of carboxylic acid groups (broad SMARTS) is 1. The Morgan fingerprint density at radius 1 is 1.33 bits per heavy atom. The van der Waals surface area contributed by atoms with Gasteiger partial charge >= 0.3 is 12.1 Å². The zero-order valence-electron chi connectivity index (χ0n) is 9.34. The zero-order chi connectivity index (χ0) is 13.8. The van der Waals surface area contributed by atoms with Crippen LogP contribution in [0.5, 0.6) is 0 Å². The van der Waals surface area contributed by atoms with Crippen LogP contribution >= 0.6 is 11.8 Å². The maximum atomic E-state index is 11.0. The number of hydrogen-bond donors (Lipinski definition) is 3. The summed E-state index contributed by atoms with van der Waals surface area (Å²) in [7, 11) is 0. The number of aliphatic carboxylic acids is 1. The smallest absolute Gasteiger partial charge is 0.475 e. The second-order valence-corrected chi connectivity index (χ2v) is 5.24. The average molecular weight is 286 g/mol. The molecule has 2 fully saturated rings. The van der Waals surface area contributed by atoms with Gasteiger partial charge in [0.1, 0.15) is 0 Å². The normalized spacial score (nSPS) is 22.1. The highest BCUT2D eigenvalue weighted by Crippen LogP contribution is 2.35. The summed E-state index contributed by atoms with van der Waals surface area (Å²) in [6, 6.07) is 0. The highest BCUT2D eigenvalue weighted by atomic mass is 32.2. The zero-order valence-corrected chi connectivity index (χ0v) is 10.2. The molecule has 1 spiro atoms. The number of nitrogens with one attached hydrogen (secondary N) is 2. The highest BCUT2D eigenvalue weighted by Gasteiger charge is 2.39. The number of carbonyl (C=O) groups is 2. The molecular formula is C9H13F3N2O3S. The molecule has 1 amide bonds. The van der Waals surface area contributed by atoms with Crippen molar-refractivity contribution in [3.8, 4) is 0 Å². The van der Waals surface area contributed by atoms with Crippen LogP contribution in [-0.2, 0) is 9.59 Å². The van der Waals surface area contributed by atoms with Gasteiger partial charge in [0.15, 0.2) is 0 Å². The lowest BCUT2D eigenvalue weighted by molar-refractivity contribution is -0.192. The van der Waals surface area contributed by atoms with Crippen LogP contribution in [0.2, 0.25) is 0 Å². The molecule has 0 unspecified atom stereocenters. The minimum absolute atomic E-state index is 0.0995. The summed E-state index contributed by atoms with van der Waals surface area (Å²) >= 11 is 1.77. The van der Waals surface area contributed by atoms with E-state index < -0.39 is 12.1 Å². The van der Waals surface area contributed by atoms with Crippen LogP contribution in [0.25, 0.3) is 0 Å². The van der Waals surface area contributed by atoms with Crippen LogP contribution < -0.4 is 10.6 Å². The number of thioether (sulfide) groups is 1. The Morgan fingerprint density at radius 3 is 2.17 bits per heavy atom. The van der Waals surface area contributed by atoms with Crippen LogP contribution in [0.4, 0.5) is 13.2 Å². The second-order valence-electron chi connectivity index (χ2n) is 3.88. The van der Waals surface area contributed by atoms with Gasteiger partial charge in [-0.3, -0.25) is 4.79 Å². The van der Waals surface area contributed by atoms with Crippen LogP contribution in [0.3, 0.4) is 0 Å². The summed E-state index contributed by atoms with van der Waals surface area (Å²) in [5.74, 6) is -1.90. The van der Waals surface area contributed by atoms with E-state index >= 15 is 0 Å². The first-order chi connectivity index (χ1) is 8.25. The fraction of sp³-hybridized carbons (Fsp3) is 0.778. The molecule has 0 aromatic carbocycles. The first-order valence-corrected chi connectivity index (χ1v) is 6.19. The van der Waals surface area contributed by atoms with E-state index in [0.717, 1.165) is 25.9 Å². The van der Waals surface area contributed by atoms with Crippen LogP contribution in [0, 0.1) is 0 Å². The fourth-order valence-electron chi connectivity index (χ4n) is 1.63. The number of alkyl halides is 3. The van der Waals surface area contributed by atoms with Gasteiger partial charge in [-0.15, -0.1) is 11.8 Å². The molecule has 0 aromatic heterocycles. The summed E-state index contributed by atoms with van der Waals surface area (Å²) < 4.78 is 31.7. The monoisotopic (exact) mass is 286 g/mol. The number of amides is 1. The minimum Gasteiger partial charge on any atom is -0.475 e. The van der Waals surface area contributed by atoms with Crippen molar-refractivity contribution in [2.45, 2.75) is 23.9 Å². The van der Waals surface area contributed by atoms with E-state index in [4.69, 9.17) is 9.90 Å². The molecule has 0 saturated carbocycles. The van der Waals surface area contributed by atoms with E-state index in [1.54, 1.807) is 11.8 Å². The Kier molecular flexibility index (Phi) is 4.85. The molecule has 2 heterocycles. The predicted octanol–water partition coefficient (Wildman–Crippen LogP) is 0.562. The van der Waals surface area contributed by atoms with Gasteiger partial charge in [0, 0.05) is 0 Å². The van der Waals surface area contributed by atoms with E-state index in [9.17, 15) is 18.0 Å². The molecule has 18 heavy (non-hydrogen) atoms. The molecular weight excluding hydrogens is 273 g/mol. The summed E-state index contributed by atoms with van der Waals surface area (Å²) in [5, 5.41) is 13.5. The maximum absolute atomic E-state index is 11.0. The number of rotatable bonds is 0. The van der Waals surface area contributed by atoms with Gasteiger partial charge in [0.2, 0.25) is 5.91 Å². The van der Waals surface area contributed by atoms with Gasteiger partial charge in [0.25, 0.3) is 0 Å². The molecule has 9 heteroatoms. The lowest BCUT2D eigenvalue weighted by Crippen LogP contribution is -2.47. The molecule has 2 aliphatic rings. The van der Waals surface area contributed by atoms with E-state index in [-0.39, 0.29) is 10.8 Å². The van der Waals surface area contributed by atoms with E-state index in [2.05, 4.69) is 10.6 Å². The minimum atomic E-state index is -5.08. The Hall–Kier alpha value is -0.960. The van der Waals surface area contributed by atoms with Crippen LogP contribution in [0.1, 0.15) is 12.8 Å². The number of piperidine rings is 1. The standard InChI is InChI=1S/C7H12N2OS.C2HF3O2/c10-6-5-11-7(9-6)1-3-8-4-2-7;3-2(4,5)1(6)7/h8H,1-5H2,(H,9,10);(H,6,7). The van der Waals surface area contributed by atoms with Crippen LogP contribution in [-0.4, -0.2) is 46.9 Å². The second kappa shape index (κ2) is 5.79. The maximum Gasteiger partial charge on any atom is 0.490 e. The summed E-state index contributed by atoms with van der Waals surface area (Å²) in [4.78, 5) is 20.0. The molecule has 0 aliphatic carbocycles. The molecule has 0 atom stereocenters. The van der Waals surface area contributed by atoms with Gasteiger partial charge in [-0.25, -0.2) is 4.79 Å². The lowest BCUT2D eigenvalue weighted by Gasteiger charge is -2.32. The third kappa shape index (κ3) is 4.37. The third-order valence-corrected chi connectivity index (χ3v) is 3.97. The summed E-state index contributed by atoms with van der Waals surface area (Å²) in [5.41, 5.74) is 0. The van der Waals surface area contributed by atoms with Crippen LogP contribution in [0.15, 0.2) is 0 Å². The topological polar surface area (TPSA) is 78.4 Å². The predicted molar refractivity (Wildman–Crippen MR) is 59.1 cm³/mol. The number of halogens is 3. The molecule has 3 N–H and O–H groups in total. The van der Waals surface area contributed by atoms with Crippen molar-refractivity contribution in [2.24, 2.45) is 0 Å². The molecule has 104 valence electrons. The highest BCUT2D eigenvalue weighted by molar-refractivity contribution is 8.01. The summed E-state index contributed by atoms with van der Waals surface area (Å²) in [6.45, 7) is 2.07. The lowest BCUT2D eigenvalue weighted by atomic mass is 10.1. The Morgan fingerprint density at radius 2 is 1.83 bits per heavy atom. The molecule has 2 saturated heterocycles. The van der Waals surface area contributed by atoms with Crippen molar-refractivity contribution in [1.82, 2.24) is 10.6 Å². The van der Waals surface area contributed by atoms with E-state index in [1.165, 1.54) is 0 Å². The Balaban J connectivity index is 0.000000203. The fourth-order valence-corrected chi connectivity index (χ4v) is 2.79. The SMILES string of the molecule is O=C(O)C(F)(F)F.O=C1CSC2(CCNCC2)N1. The van der Waals surface area contributed by atoms with Crippen molar-refractivity contribution in [2.75, 3.05) is 18.8 Å². The van der Waals surface area contributed by atoms with Crippen molar-refractivity contribution in [3.63, 3.8) is 0 Å². The first-order valence-electron chi connectivity index (χ1n) is 5.21. The van der Waals surface area contributed by atoms with E-state index in [0.29, 0.717) is 5.75 Å². The van der Waals surface area contributed by atoms with Crippen molar-refractivity contribution < 1.29 is 27.9 Å². The van der Waals surface area contributed by atoms with Gasteiger partial charge in [0.05, 0.1) is 10.6 Å². The van der Waals surface area contributed by atoms with Gasteiger partial charge in [-0.1, -0.05) is 0 Å². The molecule has 0 aromatic rings. The number of carboxylic acids is 1. The third-order valence-electron chi connectivity index (χ3n) is 2.50. The average Bonchev–Trinajstić information content (AvgIpc) is 2.60. The Labute approximate surface area is 105 Å². The quantitative estimate of drug-likeness (QED) is 0.606. The molecule has 2 rings (SSSR count). The van der Waals surface area contributed by atoms with Gasteiger partial charge in [-0.2, -0.15) is 13.2 Å². The van der Waals surface area contributed by atoms with Crippen molar-refractivity contribution >= 4 is 23.6 Å². The molecule has 0 bridgehead atoms. The molecule has 0 radical (unpaired) electrons. The van der Waals surface area contributed by atoms with Gasteiger partial charge in [-0.05, 0) is 25.9 Å². The Bertz CT molecular complexity index is 330. The molecule has 5 nitrogen and oxygen atoms in total. The first kappa shape index (κ1) is 15.1. The number of carbonyl (C=O) groups excluding carboxylic acids is 1. The van der Waals surface area contributed by atoms with Crippen molar-refractivity contribution in [1.29, 1.82) is 0 Å². The molecule has 2 aliphatic heterocycles. The number of hydrogen-bond acceptors (Lipinski definition) is 4.